The first-order valence-electron chi connectivity index (χ1n) is 5.55. The second kappa shape index (κ2) is 7.82. The fraction of sp³-hybridized carbons (Fsp3) is 0.900. The van der Waals surface area contributed by atoms with Crippen LogP contribution in [0.5, 0.6) is 0 Å². The maximum absolute atomic E-state index is 5.89. The van der Waals surface area contributed by atoms with Crippen LogP contribution in [0.1, 0.15) is 13.3 Å². The lowest BCUT2D eigenvalue weighted by molar-refractivity contribution is 0.146. The molecule has 15 heavy (non-hydrogen) atoms. The zero-order valence-corrected chi connectivity index (χ0v) is 10.3. The van der Waals surface area contributed by atoms with Crippen LogP contribution in [0.2, 0.25) is 0 Å². The molecular formula is C10H21N3OS. The first-order chi connectivity index (χ1) is 7.34. The number of thioether (sulfide) groups is 1. The van der Waals surface area contributed by atoms with Crippen molar-refractivity contribution in [2.45, 2.75) is 13.3 Å². The van der Waals surface area contributed by atoms with Gasteiger partial charge in [0.25, 0.3) is 0 Å². The molecule has 1 fully saturated rings. The van der Waals surface area contributed by atoms with Crippen LogP contribution < -0.4 is 5.73 Å². The van der Waals surface area contributed by atoms with Gasteiger partial charge >= 0.3 is 0 Å². The molecule has 0 aromatic rings. The van der Waals surface area contributed by atoms with Crippen LogP contribution in [0, 0.1) is 0 Å². The van der Waals surface area contributed by atoms with Crippen molar-refractivity contribution >= 4 is 17.7 Å². The molecule has 0 atom stereocenters. The summed E-state index contributed by atoms with van der Waals surface area (Å²) in [5.41, 5.74) is 5.89. The molecular weight excluding hydrogens is 210 g/mol. The Hall–Kier alpha value is -0.420. The van der Waals surface area contributed by atoms with Gasteiger partial charge in [-0.25, -0.2) is 0 Å². The Morgan fingerprint density at radius 1 is 1.47 bits per heavy atom. The SMILES string of the molecule is CCOCCCN=C(N)N1CCSCC1. The van der Waals surface area contributed by atoms with Gasteiger partial charge in [0.2, 0.25) is 0 Å². The molecule has 1 saturated heterocycles. The smallest absolute Gasteiger partial charge is 0.191 e. The van der Waals surface area contributed by atoms with Crippen LogP contribution in [0.3, 0.4) is 0 Å². The molecule has 4 nitrogen and oxygen atoms in total. The van der Waals surface area contributed by atoms with E-state index in [1.807, 2.05) is 18.7 Å². The largest absolute Gasteiger partial charge is 0.382 e. The van der Waals surface area contributed by atoms with E-state index in [-0.39, 0.29) is 0 Å². The van der Waals surface area contributed by atoms with Crippen molar-refractivity contribution in [1.82, 2.24) is 4.90 Å². The van der Waals surface area contributed by atoms with Crippen LogP contribution >= 0.6 is 11.8 Å². The van der Waals surface area contributed by atoms with Crippen molar-refractivity contribution in [3.63, 3.8) is 0 Å². The number of hydrogen-bond acceptors (Lipinski definition) is 3. The van der Waals surface area contributed by atoms with Gasteiger partial charge in [0.1, 0.15) is 0 Å². The predicted octanol–water partition coefficient (Wildman–Crippen LogP) is 0.777. The van der Waals surface area contributed by atoms with Crippen LogP contribution in [0.25, 0.3) is 0 Å². The third-order valence-electron chi connectivity index (χ3n) is 2.26. The van der Waals surface area contributed by atoms with Gasteiger partial charge in [0.05, 0.1) is 0 Å². The summed E-state index contributed by atoms with van der Waals surface area (Å²) in [6, 6.07) is 0. The quantitative estimate of drug-likeness (QED) is 0.431. The average Bonchev–Trinajstić information content (AvgIpc) is 2.30. The number of aliphatic imine (C=N–C) groups is 1. The topological polar surface area (TPSA) is 50.9 Å². The summed E-state index contributed by atoms with van der Waals surface area (Å²) in [5, 5.41) is 0. The third-order valence-corrected chi connectivity index (χ3v) is 3.20. The van der Waals surface area contributed by atoms with Gasteiger partial charge in [-0.3, -0.25) is 4.99 Å². The Balaban J connectivity index is 2.13. The summed E-state index contributed by atoms with van der Waals surface area (Å²) < 4.78 is 5.23. The fourth-order valence-electron chi connectivity index (χ4n) is 1.40. The highest BCUT2D eigenvalue weighted by atomic mass is 32.2. The molecule has 2 N–H and O–H groups in total. The lowest BCUT2D eigenvalue weighted by Gasteiger charge is -2.27. The van der Waals surface area contributed by atoms with Crippen molar-refractivity contribution in [1.29, 1.82) is 0 Å². The van der Waals surface area contributed by atoms with E-state index in [1.165, 1.54) is 0 Å². The van der Waals surface area contributed by atoms with E-state index in [0.717, 1.165) is 50.8 Å². The lowest BCUT2D eigenvalue weighted by Crippen LogP contribution is -2.42. The van der Waals surface area contributed by atoms with E-state index in [1.54, 1.807) is 0 Å². The second-order valence-electron chi connectivity index (χ2n) is 3.39. The van der Waals surface area contributed by atoms with Crippen LogP contribution in [0.15, 0.2) is 4.99 Å². The Labute approximate surface area is 96.2 Å². The number of nitrogens with zero attached hydrogens (tertiary/aromatic N) is 2. The first kappa shape index (κ1) is 12.6. The molecule has 1 rings (SSSR count). The Bertz CT molecular complexity index is 193. The van der Waals surface area contributed by atoms with Gasteiger partial charge in [0, 0.05) is 44.4 Å². The van der Waals surface area contributed by atoms with E-state index < -0.39 is 0 Å². The molecule has 1 aliphatic rings. The summed E-state index contributed by atoms with van der Waals surface area (Å²) in [6.07, 6.45) is 0.955. The highest BCUT2D eigenvalue weighted by molar-refractivity contribution is 7.99. The van der Waals surface area contributed by atoms with E-state index in [4.69, 9.17) is 10.5 Å². The van der Waals surface area contributed by atoms with Gasteiger partial charge in [-0.1, -0.05) is 0 Å². The molecule has 0 saturated carbocycles. The zero-order valence-electron chi connectivity index (χ0n) is 9.45. The van der Waals surface area contributed by atoms with Crippen molar-refractivity contribution in [2.75, 3.05) is 44.4 Å². The molecule has 0 unspecified atom stereocenters. The summed E-state index contributed by atoms with van der Waals surface area (Å²) >= 11 is 1.98. The highest BCUT2D eigenvalue weighted by Crippen LogP contribution is 2.08. The van der Waals surface area contributed by atoms with E-state index in [2.05, 4.69) is 9.89 Å². The van der Waals surface area contributed by atoms with E-state index in [9.17, 15) is 0 Å². The number of rotatable bonds is 5. The molecule has 88 valence electrons. The Kier molecular flexibility index (Phi) is 6.59. The molecule has 0 aromatic heterocycles. The van der Waals surface area contributed by atoms with Gasteiger partial charge in [0.15, 0.2) is 5.96 Å². The van der Waals surface area contributed by atoms with E-state index in [0.29, 0.717) is 5.96 Å². The molecule has 1 aliphatic heterocycles. The summed E-state index contributed by atoms with van der Waals surface area (Å²) in [7, 11) is 0. The average molecular weight is 231 g/mol. The number of hydrogen-bond donors (Lipinski definition) is 1. The van der Waals surface area contributed by atoms with Crippen LogP contribution in [-0.4, -0.2) is 55.2 Å². The number of nitrogens with two attached hydrogens (primary N) is 1. The zero-order chi connectivity index (χ0) is 10.9. The van der Waals surface area contributed by atoms with Crippen molar-refractivity contribution in [2.24, 2.45) is 10.7 Å². The van der Waals surface area contributed by atoms with Gasteiger partial charge < -0.3 is 15.4 Å². The molecule has 0 aromatic carbocycles. The van der Waals surface area contributed by atoms with Crippen molar-refractivity contribution in [3.05, 3.63) is 0 Å². The maximum atomic E-state index is 5.89. The minimum Gasteiger partial charge on any atom is -0.382 e. The molecule has 0 aliphatic carbocycles. The molecule has 0 bridgehead atoms. The third kappa shape index (κ3) is 5.28. The van der Waals surface area contributed by atoms with Crippen molar-refractivity contribution < 1.29 is 4.74 Å². The van der Waals surface area contributed by atoms with Gasteiger partial charge in [-0.2, -0.15) is 11.8 Å². The second-order valence-corrected chi connectivity index (χ2v) is 4.61. The molecule has 0 radical (unpaired) electrons. The van der Waals surface area contributed by atoms with Crippen LogP contribution in [0.4, 0.5) is 0 Å². The summed E-state index contributed by atoms with van der Waals surface area (Å²) in [5.74, 6) is 3.02. The standard InChI is InChI=1S/C10H21N3OS/c1-2-14-7-3-4-12-10(11)13-5-8-15-9-6-13/h2-9H2,1H3,(H2,11,12). The Morgan fingerprint density at radius 2 is 2.20 bits per heavy atom. The maximum Gasteiger partial charge on any atom is 0.191 e. The Morgan fingerprint density at radius 3 is 2.87 bits per heavy atom. The minimum atomic E-state index is 0.701. The monoisotopic (exact) mass is 231 g/mol. The summed E-state index contributed by atoms with van der Waals surface area (Å²) in [4.78, 5) is 6.51. The molecule has 0 amide bonds. The fourth-order valence-corrected chi connectivity index (χ4v) is 2.30. The highest BCUT2D eigenvalue weighted by Gasteiger charge is 2.11. The van der Waals surface area contributed by atoms with Crippen molar-refractivity contribution in [3.8, 4) is 0 Å². The van der Waals surface area contributed by atoms with Gasteiger partial charge in [-0.05, 0) is 13.3 Å². The van der Waals surface area contributed by atoms with Crippen LogP contribution in [-0.2, 0) is 4.74 Å². The predicted molar refractivity (Wildman–Crippen MR) is 66.5 cm³/mol. The minimum absolute atomic E-state index is 0.701. The molecule has 5 heteroatoms. The summed E-state index contributed by atoms with van der Waals surface area (Å²) in [6.45, 7) is 6.40. The first-order valence-corrected chi connectivity index (χ1v) is 6.70. The van der Waals surface area contributed by atoms with Gasteiger partial charge in [-0.15, -0.1) is 0 Å². The normalized spacial score (nSPS) is 18.2. The molecule has 0 spiro atoms. The molecule has 1 heterocycles. The number of ether oxygens (including phenoxy) is 1. The van der Waals surface area contributed by atoms with E-state index >= 15 is 0 Å². The number of guanidine groups is 1. The lowest BCUT2D eigenvalue weighted by atomic mass is 10.4.